The number of aromatic nitrogens is 1. The van der Waals surface area contributed by atoms with Crippen molar-refractivity contribution < 1.29 is 23.9 Å². The molecule has 2 fully saturated rings. The van der Waals surface area contributed by atoms with Gasteiger partial charge in [-0.05, 0) is 40.2 Å². The Hall–Kier alpha value is -3.14. The number of piperazine rings is 1. The van der Waals surface area contributed by atoms with E-state index in [1.54, 1.807) is 9.80 Å². The molecule has 9 nitrogen and oxygen atoms in total. The van der Waals surface area contributed by atoms with Crippen LogP contribution in [0.4, 0.5) is 14.7 Å². The number of nitrogens with zero attached hydrogens (tertiary/aromatic N) is 4. The Morgan fingerprint density at radius 2 is 1.74 bits per heavy atom. The molecule has 2 saturated heterocycles. The van der Waals surface area contributed by atoms with Crippen molar-refractivity contribution in [1.29, 1.82) is 0 Å². The first-order chi connectivity index (χ1) is 16.4. The van der Waals surface area contributed by atoms with Crippen LogP contribution in [0.1, 0.15) is 40.2 Å². The van der Waals surface area contributed by atoms with E-state index in [1.807, 2.05) is 69.2 Å². The highest BCUT2D eigenvalue weighted by Crippen LogP contribution is 2.33. The lowest BCUT2D eigenvalue weighted by molar-refractivity contribution is -0.146. The van der Waals surface area contributed by atoms with Crippen LogP contribution in [0.15, 0.2) is 29.6 Å². The third-order valence-electron chi connectivity index (χ3n) is 6.33. The second kappa shape index (κ2) is 9.14. The Morgan fingerprint density at radius 1 is 1.06 bits per heavy atom. The third kappa shape index (κ3) is 4.98. The zero-order valence-corrected chi connectivity index (χ0v) is 21.8. The molecule has 4 rings (SSSR count). The fraction of sp³-hybridized carbons (Fsp3) is 0.520. The number of urea groups is 1. The monoisotopic (exact) mass is 500 g/mol. The van der Waals surface area contributed by atoms with E-state index < -0.39 is 11.0 Å². The smallest absolute Gasteiger partial charge is 0.410 e. The van der Waals surface area contributed by atoms with Gasteiger partial charge in [0.25, 0.3) is 0 Å². The minimum absolute atomic E-state index is 0.0880. The predicted molar refractivity (Wildman–Crippen MR) is 134 cm³/mol. The number of rotatable bonds is 4. The Kier molecular flexibility index (Phi) is 6.52. The molecule has 0 aliphatic carbocycles. The number of carbonyl (C=O) groups is 3. The number of benzene rings is 1. The first-order valence-electron chi connectivity index (χ1n) is 11.6. The maximum Gasteiger partial charge on any atom is 0.410 e. The molecule has 0 saturated carbocycles. The summed E-state index contributed by atoms with van der Waals surface area (Å²) in [7, 11) is 1.39. The summed E-state index contributed by atoms with van der Waals surface area (Å²) in [4.78, 5) is 47.5. The molecule has 3 heterocycles. The highest BCUT2D eigenvalue weighted by Gasteiger charge is 2.43. The maximum atomic E-state index is 13.1. The van der Waals surface area contributed by atoms with Gasteiger partial charge in [-0.25, -0.2) is 14.6 Å². The molecule has 1 aromatic carbocycles. The van der Waals surface area contributed by atoms with Crippen LogP contribution in [0.5, 0.6) is 0 Å². The number of amides is 3. The molecular formula is C25H32N4O5S. The number of anilines is 1. The molecule has 1 atom stereocenters. The van der Waals surface area contributed by atoms with Crippen LogP contribution in [0.2, 0.25) is 0 Å². The summed E-state index contributed by atoms with van der Waals surface area (Å²) in [5.41, 5.74) is 1.21. The molecule has 0 unspecified atom stereocenters. The van der Waals surface area contributed by atoms with Crippen molar-refractivity contribution in [3.8, 4) is 11.3 Å². The second-order valence-corrected chi connectivity index (χ2v) is 11.2. The van der Waals surface area contributed by atoms with Gasteiger partial charge in [0.1, 0.15) is 5.60 Å². The molecular weight excluding hydrogens is 468 g/mol. The van der Waals surface area contributed by atoms with Crippen molar-refractivity contribution in [2.75, 3.05) is 38.2 Å². The molecule has 0 radical (unpaired) electrons. The molecule has 1 aromatic heterocycles. The van der Waals surface area contributed by atoms with Crippen LogP contribution >= 0.6 is 11.3 Å². The zero-order chi connectivity index (χ0) is 25.5. The summed E-state index contributed by atoms with van der Waals surface area (Å²) in [6.45, 7) is 11.0. The molecule has 0 spiro atoms. The van der Waals surface area contributed by atoms with Crippen LogP contribution in [0.3, 0.4) is 0 Å². The minimum Gasteiger partial charge on any atom is -0.468 e. The van der Waals surface area contributed by atoms with Crippen LogP contribution in [-0.2, 0) is 19.7 Å². The van der Waals surface area contributed by atoms with Gasteiger partial charge in [0.2, 0.25) is 0 Å². The average molecular weight is 501 g/mol. The lowest BCUT2D eigenvalue weighted by atomic mass is 9.84. The van der Waals surface area contributed by atoms with Crippen LogP contribution in [-0.4, -0.2) is 77.8 Å². The average Bonchev–Trinajstić information content (AvgIpc) is 3.42. The van der Waals surface area contributed by atoms with Gasteiger partial charge >= 0.3 is 18.1 Å². The Bertz CT molecular complexity index is 1120. The van der Waals surface area contributed by atoms with Crippen LogP contribution in [0.25, 0.3) is 11.3 Å². The Balaban J connectivity index is 1.45. The normalized spacial score (nSPS) is 18.5. The van der Waals surface area contributed by atoms with Gasteiger partial charge in [-0.1, -0.05) is 24.3 Å². The van der Waals surface area contributed by atoms with Gasteiger partial charge in [-0.2, -0.15) is 0 Å². The van der Waals surface area contributed by atoms with Crippen molar-refractivity contribution in [3.63, 3.8) is 0 Å². The van der Waals surface area contributed by atoms with Gasteiger partial charge in [-0.15, -0.1) is 11.3 Å². The van der Waals surface area contributed by atoms with Gasteiger partial charge in [0.05, 0.1) is 30.8 Å². The van der Waals surface area contributed by atoms with Crippen molar-refractivity contribution in [2.24, 2.45) is 0 Å². The number of fused-ring (bicyclic) bond motifs is 1. The van der Waals surface area contributed by atoms with Crippen molar-refractivity contribution in [2.45, 2.75) is 51.7 Å². The molecule has 2 aromatic rings. The summed E-state index contributed by atoms with van der Waals surface area (Å²) >= 11 is 1.41. The van der Waals surface area contributed by atoms with Crippen LogP contribution in [0, 0.1) is 0 Å². The van der Waals surface area contributed by atoms with Gasteiger partial charge in [0, 0.05) is 30.6 Å². The van der Waals surface area contributed by atoms with Gasteiger partial charge < -0.3 is 19.3 Å². The summed E-state index contributed by atoms with van der Waals surface area (Å²) in [6, 6.07) is 7.46. The number of carbonyl (C=O) groups excluding carboxylic acids is 3. The van der Waals surface area contributed by atoms with E-state index in [9.17, 15) is 14.4 Å². The topological polar surface area (TPSA) is 92.3 Å². The Labute approximate surface area is 209 Å². The fourth-order valence-corrected chi connectivity index (χ4v) is 5.15. The summed E-state index contributed by atoms with van der Waals surface area (Å²) in [6.07, 6.45) is -0.349. The molecule has 0 N–H and O–H groups in total. The molecule has 35 heavy (non-hydrogen) atoms. The lowest BCUT2D eigenvalue weighted by Gasteiger charge is -2.36. The van der Waals surface area contributed by atoms with E-state index in [0.29, 0.717) is 31.3 Å². The van der Waals surface area contributed by atoms with Gasteiger partial charge in [0.15, 0.2) is 5.13 Å². The van der Waals surface area contributed by atoms with E-state index in [0.717, 1.165) is 16.8 Å². The third-order valence-corrected chi connectivity index (χ3v) is 7.19. The van der Waals surface area contributed by atoms with E-state index in [2.05, 4.69) is 0 Å². The lowest BCUT2D eigenvalue weighted by Crippen LogP contribution is -2.54. The quantitative estimate of drug-likeness (QED) is 0.587. The molecule has 2 aliphatic heterocycles. The number of hydrogen-bond donors (Lipinski definition) is 0. The fourth-order valence-electron chi connectivity index (χ4n) is 4.31. The molecule has 2 aliphatic rings. The zero-order valence-electron chi connectivity index (χ0n) is 21.0. The Morgan fingerprint density at radius 3 is 2.37 bits per heavy atom. The van der Waals surface area contributed by atoms with Crippen molar-refractivity contribution >= 4 is 34.6 Å². The standard InChI is InChI=1S/C25H32N4O5S/c1-24(2,3)34-23(32)27-11-12-28-18(13-27)14-29(22(28)31)21-26-19(15-35-21)16-7-9-17(10-8-16)25(4,5)20(30)33-6/h7-10,15,18H,11-14H2,1-6H3/t18-/m0/s1. The van der Waals surface area contributed by atoms with E-state index in [1.165, 1.54) is 18.4 Å². The molecule has 3 amide bonds. The highest BCUT2D eigenvalue weighted by atomic mass is 32.1. The van der Waals surface area contributed by atoms with E-state index in [4.69, 9.17) is 14.5 Å². The summed E-state index contributed by atoms with van der Waals surface area (Å²) in [5.74, 6) is -0.296. The molecule has 188 valence electrons. The number of methoxy groups -OCH3 is 1. The van der Waals surface area contributed by atoms with Gasteiger partial charge in [-0.3, -0.25) is 9.69 Å². The number of hydrogen-bond acceptors (Lipinski definition) is 7. The second-order valence-electron chi connectivity index (χ2n) is 10.4. The summed E-state index contributed by atoms with van der Waals surface area (Å²) in [5, 5.41) is 2.55. The first-order valence-corrected chi connectivity index (χ1v) is 12.5. The largest absolute Gasteiger partial charge is 0.468 e. The molecule has 0 bridgehead atoms. The van der Waals surface area contributed by atoms with Crippen LogP contribution < -0.4 is 4.90 Å². The SMILES string of the molecule is COC(=O)C(C)(C)c1ccc(-c2csc(N3C[C@@H]4CN(C(=O)OC(C)(C)C)CCN4C3=O)n2)cc1. The van der Waals surface area contributed by atoms with Crippen molar-refractivity contribution in [3.05, 3.63) is 35.2 Å². The predicted octanol–water partition coefficient (Wildman–Crippen LogP) is 4.12. The van der Waals surface area contributed by atoms with E-state index in [-0.39, 0.29) is 24.1 Å². The molecule has 10 heteroatoms. The highest BCUT2D eigenvalue weighted by molar-refractivity contribution is 7.14. The summed E-state index contributed by atoms with van der Waals surface area (Å²) < 4.78 is 10.4. The number of esters is 1. The number of thiazole rings is 1. The minimum atomic E-state index is -0.750. The van der Waals surface area contributed by atoms with Crippen molar-refractivity contribution in [1.82, 2.24) is 14.8 Å². The maximum absolute atomic E-state index is 13.1. The van der Waals surface area contributed by atoms with E-state index >= 15 is 0 Å². The number of ether oxygens (including phenoxy) is 2. The first kappa shape index (κ1) is 25.0.